The molecule has 160 valence electrons. The molecule has 0 aliphatic carbocycles. The van der Waals surface area contributed by atoms with Crippen molar-refractivity contribution in [1.29, 1.82) is 0 Å². The van der Waals surface area contributed by atoms with Gasteiger partial charge in [-0.25, -0.2) is 23.1 Å². The van der Waals surface area contributed by atoms with Crippen LogP contribution >= 0.6 is 0 Å². The van der Waals surface area contributed by atoms with Crippen LogP contribution in [-0.2, 0) is 14.8 Å². The molecular formula is C18H17N7O5S. The molecule has 0 saturated carbocycles. The van der Waals surface area contributed by atoms with Crippen LogP contribution in [0.15, 0.2) is 59.5 Å². The smallest absolute Gasteiger partial charge is 0.349 e. The number of nitrogen functional groups attached to an aromatic ring is 1. The van der Waals surface area contributed by atoms with E-state index in [0.717, 1.165) is 10.8 Å². The third kappa shape index (κ3) is 5.65. The summed E-state index contributed by atoms with van der Waals surface area (Å²) < 4.78 is 23.4. The molecule has 0 atom stereocenters. The molecule has 3 rings (SSSR count). The van der Waals surface area contributed by atoms with Gasteiger partial charge in [0.25, 0.3) is 0 Å². The predicted octanol–water partition coefficient (Wildman–Crippen LogP) is 1.43. The highest BCUT2D eigenvalue weighted by atomic mass is 32.2. The van der Waals surface area contributed by atoms with Gasteiger partial charge in [-0.3, -0.25) is 0 Å². The van der Waals surface area contributed by atoms with Gasteiger partial charge in [0.05, 0.1) is 4.90 Å². The lowest BCUT2D eigenvalue weighted by molar-refractivity contribution is -0.131. The molecule has 31 heavy (non-hydrogen) atoms. The molecule has 0 aliphatic rings. The van der Waals surface area contributed by atoms with Gasteiger partial charge in [-0.05, 0) is 48.0 Å². The Morgan fingerprint density at radius 3 is 2.23 bits per heavy atom. The lowest BCUT2D eigenvalue weighted by Crippen LogP contribution is -2.22. The fraction of sp³-hybridized carbons (Fsp3) is 0. The van der Waals surface area contributed by atoms with E-state index in [1.807, 2.05) is 0 Å². The second-order valence-electron chi connectivity index (χ2n) is 6.12. The van der Waals surface area contributed by atoms with Crippen LogP contribution in [0.1, 0.15) is 5.56 Å². The van der Waals surface area contributed by atoms with E-state index in [4.69, 9.17) is 16.0 Å². The molecule has 0 spiro atoms. The molecular weight excluding hydrogens is 426 g/mol. The largest absolute Gasteiger partial charge is 0.478 e. The minimum absolute atomic E-state index is 0.0187. The predicted molar refractivity (Wildman–Crippen MR) is 113 cm³/mol. The van der Waals surface area contributed by atoms with E-state index in [1.54, 1.807) is 24.3 Å². The van der Waals surface area contributed by atoms with E-state index in [0.29, 0.717) is 16.9 Å². The van der Waals surface area contributed by atoms with Gasteiger partial charge < -0.3 is 21.5 Å². The Balaban J connectivity index is 1.68. The van der Waals surface area contributed by atoms with Gasteiger partial charge in [0.2, 0.25) is 21.9 Å². The van der Waals surface area contributed by atoms with E-state index < -0.39 is 22.0 Å². The summed E-state index contributed by atoms with van der Waals surface area (Å²) >= 11 is 0. The highest BCUT2D eigenvalue weighted by molar-refractivity contribution is 7.89. The van der Waals surface area contributed by atoms with Crippen molar-refractivity contribution in [2.45, 2.75) is 4.90 Å². The van der Waals surface area contributed by atoms with Gasteiger partial charge >= 0.3 is 12.0 Å². The molecule has 7 N–H and O–H groups in total. The average Bonchev–Trinajstić information content (AvgIpc) is 3.07. The number of hydrogen-bond acceptors (Lipinski definition) is 8. The number of benzene rings is 2. The van der Waals surface area contributed by atoms with Crippen molar-refractivity contribution < 1.29 is 23.1 Å². The van der Waals surface area contributed by atoms with Gasteiger partial charge in [-0.1, -0.05) is 12.1 Å². The van der Waals surface area contributed by atoms with Gasteiger partial charge in [-0.15, -0.1) is 9.78 Å². The molecule has 3 aromatic rings. The molecule has 0 unspecified atom stereocenters. The Labute approximate surface area is 176 Å². The number of carbonyl (C=O) groups is 2. The normalized spacial score (nSPS) is 11.4. The lowest BCUT2D eigenvalue weighted by Gasteiger charge is -2.05. The molecule has 2 aromatic carbocycles. The number of nitrogens with zero attached hydrogens (tertiary/aromatic N) is 3. The second kappa shape index (κ2) is 8.64. The van der Waals surface area contributed by atoms with Gasteiger partial charge in [-0.2, -0.15) is 4.98 Å². The molecule has 1 aromatic heterocycles. The Morgan fingerprint density at radius 1 is 1.03 bits per heavy atom. The first kappa shape index (κ1) is 21.5. The Hall–Kier alpha value is -4.23. The van der Waals surface area contributed by atoms with E-state index in [-0.39, 0.29) is 16.8 Å². The molecule has 0 aliphatic heterocycles. The van der Waals surface area contributed by atoms with Gasteiger partial charge in [0, 0.05) is 17.5 Å². The number of primary sulfonamides is 1. The fourth-order valence-corrected chi connectivity index (χ4v) is 2.92. The van der Waals surface area contributed by atoms with E-state index in [9.17, 15) is 18.0 Å². The van der Waals surface area contributed by atoms with Crippen LogP contribution in [0.3, 0.4) is 0 Å². The van der Waals surface area contributed by atoms with Crippen LogP contribution in [0.2, 0.25) is 0 Å². The van der Waals surface area contributed by atoms with E-state index in [2.05, 4.69) is 20.7 Å². The maximum Gasteiger partial charge on any atom is 0.349 e. The number of hydrogen-bond donors (Lipinski definition) is 5. The van der Waals surface area contributed by atoms with Crippen molar-refractivity contribution in [1.82, 2.24) is 14.8 Å². The number of carboxylic acid groups (broad SMARTS) is 1. The molecule has 13 heteroatoms. The number of nitrogens with one attached hydrogen (secondary N) is 2. The van der Waals surface area contributed by atoms with Crippen LogP contribution in [0.25, 0.3) is 6.08 Å². The van der Waals surface area contributed by atoms with Crippen LogP contribution < -0.4 is 21.5 Å². The number of sulfonamides is 1. The summed E-state index contributed by atoms with van der Waals surface area (Å²) in [5.74, 6) is -1.23. The summed E-state index contributed by atoms with van der Waals surface area (Å²) in [7, 11) is -3.81. The Morgan fingerprint density at radius 2 is 1.65 bits per heavy atom. The minimum Gasteiger partial charge on any atom is -0.478 e. The summed E-state index contributed by atoms with van der Waals surface area (Å²) in [5.41, 5.74) is 7.27. The number of carbonyl (C=O) groups excluding carboxylic acids is 1. The van der Waals surface area contributed by atoms with Crippen LogP contribution in [0.5, 0.6) is 0 Å². The minimum atomic E-state index is -3.81. The summed E-state index contributed by atoms with van der Waals surface area (Å²) in [5, 5.41) is 23.0. The van der Waals surface area contributed by atoms with Crippen molar-refractivity contribution >= 4 is 51.4 Å². The first-order valence-electron chi connectivity index (χ1n) is 8.57. The topological polar surface area (TPSA) is 195 Å². The summed E-state index contributed by atoms with van der Waals surface area (Å²) in [6.45, 7) is 0. The number of rotatable bonds is 6. The molecule has 0 radical (unpaired) electrons. The van der Waals surface area contributed by atoms with Crippen LogP contribution in [0.4, 0.5) is 28.1 Å². The van der Waals surface area contributed by atoms with Crippen molar-refractivity contribution in [2.24, 2.45) is 5.14 Å². The van der Waals surface area contributed by atoms with Crippen molar-refractivity contribution in [3.8, 4) is 0 Å². The number of amides is 1. The quantitative estimate of drug-likeness (QED) is 0.350. The number of carboxylic acids is 1. The van der Waals surface area contributed by atoms with Crippen molar-refractivity contribution in [3.63, 3.8) is 0 Å². The fourth-order valence-electron chi connectivity index (χ4n) is 2.41. The number of anilines is 4. The van der Waals surface area contributed by atoms with Crippen LogP contribution in [0, 0.1) is 0 Å². The molecule has 0 saturated heterocycles. The highest BCUT2D eigenvalue weighted by Crippen LogP contribution is 2.18. The Bertz CT molecular complexity index is 1250. The summed E-state index contributed by atoms with van der Waals surface area (Å²) in [6.07, 6.45) is 2.41. The summed E-state index contributed by atoms with van der Waals surface area (Å²) in [6, 6.07) is 11.3. The number of aliphatic carboxylic acids is 1. The number of nitrogens with two attached hydrogens (primary N) is 2. The van der Waals surface area contributed by atoms with Crippen molar-refractivity contribution in [3.05, 3.63) is 60.2 Å². The van der Waals surface area contributed by atoms with E-state index >= 15 is 0 Å². The molecule has 12 nitrogen and oxygen atoms in total. The first-order valence-corrected chi connectivity index (χ1v) is 10.1. The van der Waals surface area contributed by atoms with Gasteiger partial charge in [0.15, 0.2) is 0 Å². The number of aromatic nitrogens is 3. The zero-order valence-corrected chi connectivity index (χ0v) is 16.6. The van der Waals surface area contributed by atoms with Crippen LogP contribution in [-0.4, -0.2) is 40.3 Å². The SMILES string of the molecule is Nc1nc(Nc2ccc(S(N)(=O)=O)cc2)nn1C(=O)Nc1ccc(/C=C\C(=O)O)cc1. The highest BCUT2D eigenvalue weighted by Gasteiger charge is 2.15. The second-order valence-corrected chi connectivity index (χ2v) is 7.68. The molecule has 1 amide bonds. The monoisotopic (exact) mass is 443 g/mol. The van der Waals surface area contributed by atoms with E-state index in [1.165, 1.54) is 30.3 Å². The zero-order valence-electron chi connectivity index (χ0n) is 15.8. The maximum atomic E-state index is 12.4. The average molecular weight is 443 g/mol. The zero-order chi connectivity index (χ0) is 22.6. The van der Waals surface area contributed by atoms with Gasteiger partial charge in [0.1, 0.15) is 0 Å². The molecule has 0 fully saturated rings. The molecule has 0 bridgehead atoms. The molecule has 1 heterocycles. The first-order chi connectivity index (χ1) is 14.6. The van der Waals surface area contributed by atoms with Crippen molar-refractivity contribution in [2.75, 3.05) is 16.4 Å². The lowest BCUT2D eigenvalue weighted by atomic mass is 10.2. The third-order valence-corrected chi connectivity index (χ3v) is 4.77. The standard InChI is InChI=1S/C18H17N7O5S/c19-16-23-17(21-12-6-8-14(9-7-12)31(20,29)30)24-25(16)18(28)22-13-4-1-11(2-5-13)3-10-15(26)27/h1-10H,(H,22,28)(H,26,27)(H2,20,29,30)(H3,19,21,23,24)/b10-3-. The summed E-state index contributed by atoms with van der Waals surface area (Å²) in [4.78, 5) is 26.9. The maximum absolute atomic E-state index is 12.4. The third-order valence-electron chi connectivity index (χ3n) is 3.84. The Kier molecular flexibility index (Phi) is 5.99.